The molecule has 0 bridgehead atoms. The van der Waals surface area contributed by atoms with Gasteiger partial charge in [-0.2, -0.15) is 0 Å². The number of anilines is 1. The number of halogens is 2. The second-order valence-corrected chi connectivity index (χ2v) is 7.91. The molecule has 1 saturated heterocycles. The first-order valence-electron chi connectivity index (χ1n) is 9.10. The van der Waals surface area contributed by atoms with Gasteiger partial charge >= 0.3 is 6.03 Å². The molecule has 1 fully saturated rings. The van der Waals surface area contributed by atoms with E-state index in [4.69, 9.17) is 16.3 Å². The van der Waals surface area contributed by atoms with Crippen LogP contribution in [0.5, 0.6) is 5.75 Å². The number of ether oxygens (including phenoxy) is 1. The van der Waals surface area contributed by atoms with Gasteiger partial charge in [0.15, 0.2) is 0 Å². The molecule has 0 aromatic heterocycles. The number of para-hydroxylation sites is 1. The molecule has 1 aliphatic rings. The molecule has 0 radical (unpaired) electrons. The summed E-state index contributed by atoms with van der Waals surface area (Å²) in [5.74, 6) is 0.154. The average molecular weight is 484 g/mol. The Hall–Kier alpha value is -3.09. The summed E-state index contributed by atoms with van der Waals surface area (Å²) >= 11 is 9.41. The standard InChI is InChI=1S/C23H16BrClN2O3/c24-17-10-8-15(9-11-17)14-30-21-7-2-1-4-16(21)12-20-22(28)27(23(29)26-20)19-6-3-5-18(25)13-19/h1-13H,14H2,(H,26,29)/b20-12+. The molecule has 0 aliphatic carbocycles. The predicted molar refractivity (Wildman–Crippen MR) is 120 cm³/mol. The van der Waals surface area contributed by atoms with Crippen molar-refractivity contribution in [1.82, 2.24) is 5.32 Å². The second-order valence-electron chi connectivity index (χ2n) is 6.56. The normalized spacial score (nSPS) is 14.9. The lowest BCUT2D eigenvalue weighted by Crippen LogP contribution is -2.30. The zero-order valence-electron chi connectivity index (χ0n) is 15.6. The Labute approximate surface area is 187 Å². The van der Waals surface area contributed by atoms with Crippen LogP contribution in [0.25, 0.3) is 6.08 Å². The number of nitrogens with zero attached hydrogens (tertiary/aromatic N) is 1. The van der Waals surface area contributed by atoms with Crippen molar-refractivity contribution in [3.63, 3.8) is 0 Å². The first-order valence-corrected chi connectivity index (χ1v) is 10.3. The third kappa shape index (κ3) is 4.40. The fraction of sp³-hybridized carbons (Fsp3) is 0.0435. The number of nitrogens with one attached hydrogen (secondary N) is 1. The lowest BCUT2D eigenvalue weighted by atomic mass is 10.1. The van der Waals surface area contributed by atoms with Crippen LogP contribution in [0, 0.1) is 0 Å². The molecule has 30 heavy (non-hydrogen) atoms. The maximum absolute atomic E-state index is 12.8. The third-order valence-corrected chi connectivity index (χ3v) is 5.23. The first kappa shape index (κ1) is 20.2. The molecule has 1 aliphatic heterocycles. The van der Waals surface area contributed by atoms with Crippen LogP contribution in [-0.4, -0.2) is 11.9 Å². The predicted octanol–water partition coefficient (Wildman–Crippen LogP) is 5.78. The highest BCUT2D eigenvalue weighted by atomic mass is 79.9. The van der Waals surface area contributed by atoms with Gasteiger partial charge in [0.25, 0.3) is 5.91 Å². The van der Waals surface area contributed by atoms with Crippen molar-refractivity contribution in [1.29, 1.82) is 0 Å². The van der Waals surface area contributed by atoms with Crippen LogP contribution in [0.2, 0.25) is 5.02 Å². The summed E-state index contributed by atoms with van der Waals surface area (Å²) in [5.41, 5.74) is 2.28. The highest BCUT2D eigenvalue weighted by molar-refractivity contribution is 9.10. The molecule has 4 rings (SSSR count). The van der Waals surface area contributed by atoms with Crippen LogP contribution in [0.3, 0.4) is 0 Å². The van der Waals surface area contributed by atoms with Gasteiger partial charge in [-0.25, -0.2) is 9.69 Å². The second kappa shape index (κ2) is 8.73. The molecule has 5 nitrogen and oxygen atoms in total. The van der Waals surface area contributed by atoms with Crippen molar-refractivity contribution < 1.29 is 14.3 Å². The summed E-state index contributed by atoms with van der Waals surface area (Å²) in [7, 11) is 0. The Kier molecular flexibility index (Phi) is 5.88. The summed E-state index contributed by atoms with van der Waals surface area (Å²) in [4.78, 5) is 26.3. The molecule has 3 aromatic rings. The van der Waals surface area contributed by atoms with E-state index in [1.807, 2.05) is 48.5 Å². The smallest absolute Gasteiger partial charge is 0.333 e. The topological polar surface area (TPSA) is 58.6 Å². The molecular weight excluding hydrogens is 468 g/mol. The van der Waals surface area contributed by atoms with Gasteiger partial charge in [0, 0.05) is 15.1 Å². The Morgan fingerprint density at radius 2 is 1.77 bits per heavy atom. The zero-order valence-corrected chi connectivity index (χ0v) is 18.0. The molecule has 3 aromatic carbocycles. The minimum absolute atomic E-state index is 0.166. The van der Waals surface area contributed by atoms with Gasteiger partial charge in [-0.3, -0.25) is 4.79 Å². The monoisotopic (exact) mass is 482 g/mol. The summed E-state index contributed by atoms with van der Waals surface area (Å²) in [6, 6.07) is 21.2. The first-order chi connectivity index (χ1) is 14.5. The van der Waals surface area contributed by atoms with Gasteiger partial charge in [0.05, 0.1) is 5.69 Å². The average Bonchev–Trinajstić information content (AvgIpc) is 3.01. The number of hydrogen-bond acceptors (Lipinski definition) is 3. The number of imide groups is 1. The van der Waals surface area contributed by atoms with Gasteiger partial charge in [0.1, 0.15) is 18.1 Å². The molecule has 1 N–H and O–H groups in total. The number of benzene rings is 3. The number of hydrogen-bond donors (Lipinski definition) is 1. The minimum atomic E-state index is -0.526. The lowest BCUT2D eigenvalue weighted by molar-refractivity contribution is -0.113. The molecule has 0 atom stereocenters. The highest BCUT2D eigenvalue weighted by Gasteiger charge is 2.35. The van der Waals surface area contributed by atoms with Gasteiger partial charge < -0.3 is 10.1 Å². The number of carbonyl (C=O) groups excluding carboxylic acids is 2. The van der Waals surface area contributed by atoms with Gasteiger partial charge in [-0.1, -0.05) is 63.9 Å². The largest absolute Gasteiger partial charge is 0.488 e. The van der Waals surface area contributed by atoms with Crippen molar-refractivity contribution in [3.05, 3.63) is 99.1 Å². The van der Waals surface area contributed by atoms with E-state index in [-0.39, 0.29) is 5.70 Å². The van der Waals surface area contributed by atoms with Crippen LogP contribution in [0.4, 0.5) is 10.5 Å². The van der Waals surface area contributed by atoms with E-state index in [9.17, 15) is 9.59 Å². The van der Waals surface area contributed by atoms with Crippen molar-refractivity contribution in [2.24, 2.45) is 0 Å². The molecule has 0 saturated carbocycles. The van der Waals surface area contributed by atoms with Crippen LogP contribution in [0.15, 0.2) is 83.0 Å². The maximum atomic E-state index is 12.8. The van der Waals surface area contributed by atoms with Gasteiger partial charge in [-0.15, -0.1) is 0 Å². The van der Waals surface area contributed by atoms with Crippen molar-refractivity contribution in [2.45, 2.75) is 6.61 Å². The van der Waals surface area contributed by atoms with E-state index in [1.165, 1.54) is 0 Å². The Balaban J connectivity index is 1.57. The van der Waals surface area contributed by atoms with Gasteiger partial charge in [-0.05, 0) is 48.0 Å². The quantitative estimate of drug-likeness (QED) is 0.370. The van der Waals surface area contributed by atoms with Crippen LogP contribution < -0.4 is 15.0 Å². The SMILES string of the molecule is O=C1N/C(=C/c2ccccc2OCc2ccc(Br)cc2)C(=O)N1c1cccc(Cl)c1. The summed E-state index contributed by atoms with van der Waals surface area (Å²) in [6.45, 7) is 0.377. The van der Waals surface area contributed by atoms with E-state index in [1.54, 1.807) is 30.3 Å². The minimum Gasteiger partial charge on any atom is -0.488 e. The van der Waals surface area contributed by atoms with Crippen LogP contribution >= 0.6 is 27.5 Å². The van der Waals surface area contributed by atoms with Crippen LogP contribution in [0.1, 0.15) is 11.1 Å². The molecule has 0 spiro atoms. The molecule has 1 heterocycles. The van der Waals surface area contributed by atoms with Crippen LogP contribution in [-0.2, 0) is 11.4 Å². The Bertz CT molecular complexity index is 1150. The maximum Gasteiger partial charge on any atom is 0.333 e. The lowest BCUT2D eigenvalue weighted by Gasteiger charge is -2.12. The molecular formula is C23H16BrClN2O3. The zero-order chi connectivity index (χ0) is 21.1. The molecule has 3 amide bonds. The van der Waals surface area contributed by atoms with E-state index >= 15 is 0 Å². The van der Waals surface area contributed by atoms with Crippen molar-refractivity contribution in [3.8, 4) is 5.75 Å². The molecule has 7 heteroatoms. The number of rotatable bonds is 5. The number of carbonyl (C=O) groups is 2. The van der Waals surface area contributed by atoms with E-state index in [2.05, 4.69) is 21.2 Å². The van der Waals surface area contributed by atoms with E-state index in [0.717, 1.165) is 14.9 Å². The summed E-state index contributed by atoms with van der Waals surface area (Å²) in [5, 5.41) is 3.06. The molecule has 0 unspecified atom stereocenters. The number of urea groups is 1. The van der Waals surface area contributed by atoms with Crippen molar-refractivity contribution >= 4 is 51.2 Å². The Morgan fingerprint density at radius 1 is 1.00 bits per heavy atom. The van der Waals surface area contributed by atoms with E-state index < -0.39 is 11.9 Å². The summed E-state index contributed by atoms with van der Waals surface area (Å²) < 4.78 is 6.94. The van der Waals surface area contributed by atoms with Crippen molar-refractivity contribution in [2.75, 3.05) is 4.90 Å². The highest BCUT2D eigenvalue weighted by Crippen LogP contribution is 2.27. The Morgan fingerprint density at radius 3 is 2.53 bits per heavy atom. The fourth-order valence-electron chi connectivity index (χ4n) is 3.01. The molecule has 150 valence electrons. The number of amides is 3. The van der Waals surface area contributed by atoms with Gasteiger partial charge in [0.2, 0.25) is 0 Å². The summed E-state index contributed by atoms with van der Waals surface area (Å²) in [6.07, 6.45) is 1.61. The third-order valence-electron chi connectivity index (χ3n) is 4.47. The fourth-order valence-corrected chi connectivity index (χ4v) is 3.46. The van der Waals surface area contributed by atoms with E-state index in [0.29, 0.717) is 28.6 Å².